The molecule has 1 rings (SSSR count). The molecule has 1 aromatic carbocycles. The van der Waals surface area contributed by atoms with Crippen LogP contribution in [0.2, 0.25) is 5.02 Å². The van der Waals surface area contributed by atoms with Gasteiger partial charge in [0.2, 0.25) is 0 Å². The van der Waals surface area contributed by atoms with Crippen molar-refractivity contribution in [1.82, 2.24) is 0 Å². The minimum atomic E-state index is -1.21. The summed E-state index contributed by atoms with van der Waals surface area (Å²) in [6.07, 6.45) is -2.41. The Balaban J connectivity index is 2.88. The van der Waals surface area contributed by atoms with E-state index in [1.165, 1.54) is 13.2 Å². The van der Waals surface area contributed by atoms with Gasteiger partial charge in [-0.05, 0) is 17.7 Å². The van der Waals surface area contributed by atoms with E-state index in [9.17, 15) is 10.2 Å². The summed E-state index contributed by atoms with van der Waals surface area (Å²) in [7, 11) is 1.50. The van der Waals surface area contributed by atoms with Gasteiger partial charge in [-0.25, -0.2) is 0 Å². The Bertz CT molecular complexity index is 435. The number of hydrogen-bond acceptors (Lipinski definition) is 4. The van der Waals surface area contributed by atoms with Crippen molar-refractivity contribution in [3.05, 3.63) is 39.2 Å². The zero-order valence-electron chi connectivity index (χ0n) is 9.12. The second-order valence-electron chi connectivity index (χ2n) is 3.31. The highest BCUT2D eigenvalue weighted by Gasteiger charge is 2.20. The fourth-order valence-electron chi connectivity index (χ4n) is 1.30. The van der Waals surface area contributed by atoms with Gasteiger partial charge in [0.25, 0.3) is 0 Å². The number of benzene rings is 1. The minimum absolute atomic E-state index is 0.222. The maximum Gasteiger partial charge on any atom is 0.120 e. The van der Waals surface area contributed by atoms with E-state index in [1.54, 1.807) is 12.1 Å². The molecule has 0 amide bonds. The lowest BCUT2D eigenvalue weighted by Gasteiger charge is -2.17. The van der Waals surface area contributed by atoms with Crippen LogP contribution in [0.25, 0.3) is 10.4 Å². The number of nitrogens with zero attached hydrogens (tertiary/aromatic N) is 3. The van der Waals surface area contributed by atoms with Crippen LogP contribution in [-0.4, -0.2) is 30.0 Å². The number of aliphatic hydroxyl groups excluding tert-OH is 2. The summed E-state index contributed by atoms with van der Waals surface area (Å²) in [6, 6.07) is 4.69. The quantitative estimate of drug-likeness (QED) is 0.480. The lowest BCUT2D eigenvalue weighted by atomic mass is 10.0. The van der Waals surface area contributed by atoms with Gasteiger partial charge in [-0.2, -0.15) is 0 Å². The summed E-state index contributed by atoms with van der Waals surface area (Å²) in [4.78, 5) is 2.50. The molecule has 6 nitrogen and oxygen atoms in total. The van der Waals surface area contributed by atoms with Crippen LogP contribution in [0, 0.1) is 0 Å². The fourth-order valence-corrected chi connectivity index (χ4v) is 1.58. The van der Waals surface area contributed by atoms with Crippen LogP contribution >= 0.6 is 11.6 Å². The standard InChI is InChI=1S/C10H12ClN3O3/c1-17-6-2-3-7(8(11)4-6)10(16)9(15)5-13-14-12/h2-4,9-10,15-16H,5H2,1H3. The van der Waals surface area contributed by atoms with E-state index in [4.69, 9.17) is 21.9 Å². The van der Waals surface area contributed by atoms with Crippen LogP contribution in [0.1, 0.15) is 11.7 Å². The highest BCUT2D eigenvalue weighted by Crippen LogP contribution is 2.29. The van der Waals surface area contributed by atoms with Gasteiger partial charge in [0, 0.05) is 10.5 Å². The van der Waals surface area contributed by atoms with E-state index in [0.29, 0.717) is 11.3 Å². The number of rotatable bonds is 5. The Labute approximate surface area is 103 Å². The summed E-state index contributed by atoms with van der Waals surface area (Å²) in [6.45, 7) is -0.222. The maximum atomic E-state index is 9.80. The van der Waals surface area contributed by atoms with Gasteiger partial charge in [0.05, 0.1) is 24.8 Å². The fraction of sp³-hybridized carbons (Fsp3) is 0.400. The third-order valence-electron chi connectivity index (χ3n) is 2.22. The molecule has 0 aliphatic carbocycles. The number of ether oxygens (including phenoxy) is 1. The normalized spacial score (nSPS) is 13.6. The molecule has 0 aromatic heterocycles. The molecular formula is C10H12ClN3O3. The first-order chi connectivity index (χ1) is 8.10. The van der Waals surface area contributed by atoms with E-state index in [2.05, 4.69) is 10.0 Å². The lowest BCUT2D eigenvalue weighted by molar-refractivity contribution is 0.0244. The molecule has 0 saturated heterocycles. The predicted octanol–water partition coefficient (Wildman–Crippen LogP) is 2.05. The highest BCUT2D eigenvalue weighted by atomic mass is 35.5. The van der Waals surface area contributed by atoms with Crippen molar-refractivity contribution in [3.63, 3.8) is 0 Å². The van der Waals surface area contributed by atoms with Gasteiger partial charge in [-0.15, -0.1) is 0 Å². The third kappa shape index (κ3) is 3.51. The van der Waals surface area contributed by atoms with Crippen molar-refractivity contribution in [2.45, 2.75) is 12.2 Å². The van der Waals surface area contributed by atoms with Crippen LogP contribution < -0.4 is 4.74 Å². The molecule has 1 aromatic rings. The Hall–Kier alpha value is -1.46. The summed E-state index contributed by atoms with van der Waals surface area (Å²) < 4.78 is 4.96. The predicted molar refractivity (Wildman–Crippen MR) is 63.0 cm³/mol. The first kappa shape index (κ1) is 13.6. The Morgan fingerprint density at radius 1 is 1.53 bits per heavy atom. The Kier molecular flexibility index (Phi) is 5.06. The number of halogens is 1. The van der Waals surface area contributed by atoms with E-state index in [-0.39, 0.29) is 11.6 Å². The monoisotopic (exact) mass is 257 g/mol. The molecule has 2 atom stereocenters. The van der Waals surface area contributed by atoms with Crippen LogP contribution in [0.15, 0.2) is 23.3 Å². The van der Waals surface area contributed by atoms with Crippen molar-refractivity contribution >= 4 is 11.6 Å². The number of methoxy groups -OCH3 is 1. The Morgan fingerprint density at radius 2 is 2.24 bits per heavy atom. The molecule has 0 bridgehead atoms. The van der Waals surface area contributed by atoms with Crippen molar-refractivity contribution in [1.29, 1.82) is 0 Å². The molecule has 0 radical (unpaired) electrons. The van der Waals surface area contributed by atoms with E-state index < -0.39 is 12.2 Å². The van der Waals surface area contributed by atoms with E-state index in [0.717, 1.165) is 0 Å². The van der Waals surface area contributed by atoms with Gasteiger partial charge in [0.1, 0.15) is 11.9 Å². The molecule has 0 aliphatic heterocycles. The van der Waals surface area contributed by atoms with E-state index in [1.807, 2.05) is 0 Å². The number of azide groups is 1. The average Bonchev–Trinajstić information content (AvgIpc) is 2.34. The average molecular weight is 258 g/mol. The SMILES string of the molecule is COc1ccc(C(O)C(O)CN=[N+]=[N-])c(Cl)c1. The smallest absolute Gasteiger partial charge is 0.120 e. The van der Waals surface area contributed by atoms with Crippen LogP contribution in [-0.2, 0) is 0 Å². The number of hydrogen-bond donors (Lipinski definition) is 2. The molecule has 2 N–H and O–H groups in total. The van der Waals surface area contributed by atoms with Crippen molar-refractivity contribution in [2.75, 3.05) is 13.7 Å². The molecule has 0 aliphatic rings. The summed E-state index contributed by atoms with van der Waals surface area (Å²) >= 11 is 5.93. The molecule has 17 heavy (non-hydrogen) atoms. The molecule has 0 fully saturated rings. The molecule has 0 saturated carbocycles. The van der Waals surface area contributed by atoms with Crippen molar-refractivity contribution in [2.24, 2.45) is 5.11 Å². The van der Waals surface area contributed by atoms with Gasteiger partial charge in [0.15, 0.2) is 0 Å². The van der Waals surface area contributed by atoms with Crippen molar-refractivity contribution in [3.8, 4) is 5.75 Å². The van der Waals surface area contributed by atoms with Gasteiger partial charge in [-0.3, -0.25) is 0 Å². The van der Waals surface area contributed by atoms with Crippen LogP contribution in [0.4, 0.5) is 0 Å². The topological polar surface area (TPSA) is 98.5 Å². The highest BCUT2D eigenvalue weighted by molar-refractivity contribution is 6.31. The summed E-state index contributed by atoms with van der Waals surface area (Å²) in [5, 5.41) is 22.8. The Morgan fingerprint density at radius 3 is 2.76 bits per heavy atom. The minimum Gasteiger partial charge on any atom is -0.497 e. The second-order valence-corrected chi connectivity index (χ2v) is 3.72. The van der Waals surface area contributed by atoms with E-state index >= 15 is 0 Å². The molecule has 0 spiro atoms. The molecule has 0 heterocycles. The first-order valence-electron chi connectivity index (χ1n) is 4.80. The maximum absolute atomic E-state index is 9.80. The molecule has 92 valence electrons. The second kappa shape index (κ2) is 6.32. The van der Waals surface area contributed by atoms with Crippen LogP contribution in [0.3, 0.4) is 0 Å². The molecule has 2 unspecified atom stereocenters. The zero-order valence-corrected chi connectivity index (χ0v) is 9.87. The summed E-state index contributed by atoms with van der Waals surface area (Å²) in [5.74, 6) is 0.551. The summed E-state index contributed by atoms with van der Waals surface area (Å²) in [5.41, 5.74) is 8.47. The number of aliphatic hydroxyl groups is 2. The van der Waals surface area contributed by atoms with Crippen molar-refractivity contribution < 1.29 is 14.9 Å². The van der Waals surface area contributed by atoms with Crippen LogP contribution in [0.5, 0.6) is 5.75 Å². The van der Waals surface area contributed by atoms with Gasteiger partial charge >= 0.3 is 0 Å². The van der Waals surface area contributed by atoms with Gasteiger partial charge in [-0.1, -0.05) is 22.8 Å². The largest absolute Gasteiger partial charge is 0.497 e. The van der Waals surface area contributed by atoms with Gasteiger partial charge < -0.3 is 14.9 Å². The zero-order chi connectivity index (χ0) is 12.8. The lowest BCUT2D eigenvalue weighted by Crippen LogP contribution is -2.21. The first-order valence-corrected chi connectivity index (χ1v) is 5.18. The molecule has 7 heteroatoms. The molecular weight excluding hydrogens is 246 g/mol. The third-order valence-corrected chi connectivity index (χ3v) is 2.55.